The Morgan fingerprint density at radius 2 is 1.97 bits per heavy atom. The van der Waals surface area contributed by atoms with Gasteiger partial charge in [-0.15, -0.1) is 11.3 Å². The van der Waals surface area contributed by atoms with E-state index in [-0.39, 0.29) is 16.4 Å². The number of carbonyl (C=O) groups excluding carboxylic acids is 2. The molecule has 32 heavy (non-hydrogen) atoms. The highest BCUT2D eigenvalue weighted by Gasteiger charge is 2.32. The molecule has 3 heterocycles. The summed E-state index contributed by atoms with van der Waals surface area (Å²) in [7, 11) is 0. The first kappa shape index (κ1) is 20.8. The first-order chi connectivity index (χ1) is 15.6. The van der Waals surface area contributed by atoms with Gasteiger partial charge >= 0.3 is 0 Å². The molecule has 162 valence electrons. The van der Waals surface area contributed by atoms with Crippen molar-refractivity contribution in [2.75, 3.05) is 6.61 Å². The normalized spacial score (nSPS) is 16.0. The van der Waals surface area contributed by atoms with E-state index in [4.69, 9.17) is 9.15 Å². The first-order valence-electron chi connectivity index (χ1n) is 10.2. The van der Waals surface area contributed by atoms with E-state index in [0.717, 1.165) is 50.5 Å². The summed E-state index contributed by atoms with van der Waals surface area (Å²) in [4.78, 5) is 29.1. The molecule has 6 nitrogen and oxygen atoms in total. The van der Waals surface area contributed by atoms with Crippen LogP contribution in [0, 0.1) is 6.92 Å². The number of oxazole rings is 1. The van der Waals surface area contributed by atoms with Gasteiger partial charge in [-0.3, -0.25) is 14.9 Å². The SMILES string of the molecule is Cc1oc(-c2ccccc2)nc1CCOc1ccsc2c(CC3SC(=O)NC3=O)ccc1-2. The zero-order valence-electron chi connectivity index (χ0n) is 17.3. The van der Waals surface area contributed by atoms with E-state index < -0.39 is 0 Å². The van der Waals surface area contributed by atoms with Crippen LogP contribution in [0.3, 0.4) is 0 Å². The van der Waals surface area contributed by atoms with Crippen molar-refractivity contribution in [3.8, 4) is 27.6 Å². The average molecular weight is 465 g/mol. The van der Waals surface area contributed by atoms with Crippen LogP contribution in [-0.2, 0) is 17.6 Å². The minimum absolute atomic E-state index is 0.218. The number of hydrogen-bond donors (Lipinski definition) is 1. The molecule has 0 radical (unpaired) electrons. The summed E-state index contributed by atoms with van der Waals surface area (Å²) in [5.41, 5.74) is 3.91. The maximum Gasteiger partial charge on any atom is 0.286 e. The number of aryl methyl sites for hydroxylation is 1. The van der Waals surface area contributed by atoms with Crippen molar-refractivity contribution >= 4 is 34.2 Å². The lowest BCUT2D eigenvalue weighted by atomic mass is 10.1. The van der Waals surface area contributed by atoms with E-state index in [2.05, 4.69) is 10.3 Å². The highest BCUT2D eigenvalue weighted by Crippen LogP contribution is 2.41. The van der Waals surface area contributed by atoms with Gasteiger partial charge in [-0.1, -0.05) is 36.0 Å². The first-order valence-corrected chi connectivity index (χ1v) is 12.0. The van der Waals surface area contributed by atoms with Crippen LogP contribution >= 0.6 is 23.1 Å². The number of ether oxygens (including phenoxy) is 1. The molecule has 1 aliphatic carbocycles. The second kappa shape index (κ2) is 8.80. The van der Waals surface area contributed by atoms with Gasteiger partial charge in [0.05, 0.1) is 17.6 Å². The van der Waals surface area contributed by atoms with Gasteiger partial charge in [0.15, 0.2) is 0 Å². The van der Waals surface area contributed by atoms with Crippen molar-refractivity contribution in [3.05, 3.63) is 70.9 Å². The molecule has 2 aromatic rings. The van der Waals surface area contributed by atoms with Crippen LogP contribution in [0.15, 0.2) is 58.3 Å². The third kappa shape index (κ3) is 4.16. The predicted molar refractivity (Wildman–Crippen MR) is 125 cm³/mol. The summed E-state index contributed by atoms with van der Waals surface area (Å²) >= 11 is 2.67. The lowest BCUT2D eigenvalue weighted by Gasteiger charge is -2.11. The molecule has 0 bridgehead atoms. The average Bonchev–Trinajstić information content (AvgIpc) is 3.47. The number of hydrogen-bond acceptors (Lipinski definition) is 7. The number of nitrogens with zero attached hydrogens (tertiary/aromatic N) is 1. The van der Waals surface area contributed by atoms with E-state index in [1.807, 2.05) is 60.8 Å². The molecule has 1 N–H and O–H groups in total. The summed E-state index contributed by atoms with van der Waals surface area (Å²) in [6, 6.07) is 15.8. The fourth-order valence-corrected chi connectivity index (χ4v) is 5.50. The van der Waals surface area contributed by atoms with Crippen LogP contribution in [0.2, 0.25) is 0 Å². The lowest BCUT2D eigenvalue weighted by molar-refractivity contribution is -0.118. The quantitative estimate of drug-likeness (QED) is 0.398. The number of imide groups is 1. The minimum atomic E-state index is -0.376. The molecule has 3 aliphatic rings. The van der Waals surface area contributed by atoms with Gasteiger partial charge in [-0.05, 0) is 48.6 Å². The molecule has 1 fully saturated rings. The zero-order valence-corrected chi connectivity index (χ0v) is 18.9. The summed E-state index contributed by atoms with van der Waals surface area (Å²) in [6.45, 7) is 2.39. The Balaban J connectivity index is 1.25. The Bertz CT molecular complexity index is 1250. The van der Waals surface area contributed by atoms with E-state index in [1.165, 1.54) is 0 Å². The Labute approximate surface area is 193 Å². The van der Waals surface area contributed by atoms with Crippen LogP contribution in [0.25, 0.3) is 21.9 Å². The Morgan fingerprint density at radius 3 is 2.75 bits per heavy atom. The molecule has 1 unspecified atom stereocenters. The number of carbonyl (C=O) groups is 2. The van der Waals surface area contributed by atoms with Gasteiger partial charge in [0.2, 0.25) is 11.8 Å². The van der Waals surface area contributed by atoms with Crippen LogP contribution < -0.4 is 10.1 Å². The van der Waals surface area contributed by atoms with Crippen molar-refractivity contribution in [2.24, 2.45) is 0 Å². The fraction of sp³-hybridized carbons (Fsp3) is 0.208. The topological polar surface area (TPSA) is 81.4 Å². The van der Waals surface area contributed by atoms with Gasteiger partial charge in [-0.25, -0.2) is 4.98 Å². The van der Waals surface area contributed by atoms with Crippen molar-refractivity contribution in [1.29, 1.82) is 0 Å². The second-order valence-corrected chi connectivity index (χ2v) is 9.55. The summed E-state index contributed by atoms with van der Waals surface area (Å²) in [5.74, 6) is 2.00. The van der Waals surface area contributed by atoms with Crippen molar-refractivity contribution in [3.63, 3.8) is 0 Å². The Hall–Kier alpha value is -3.10. The molecule has 1 saturated heterocycles. The maximum absolute atomic E-state index is 11.9. The van der Waals surface area contributed by atoms with E-state index in [9.17, 15) is 9.59 Å². The van der Waals surface area contributed by atoms with Gasteiger partial charge in [0.25, 0.3) is 5.24 Å². The number of fused-ring (bicyclic) bond motifs is 1. The molecule has 2 amide bonds. The number of rotatable bonds is 7. The van der Waals surface area contributed by atoms with E-state index >= 15 is 0 Å². The third-order valence-electron chi connectivity index (χ3n) is 5.34. The smallest absolute Gasteiger partial charge is 0.286 e. The molecular weight excluding hydrogens is 444 g/mol. The Morgan fingerprint density at radius 1 is 1.12 bits per heavy atom. The van der Waals surface area contributed by atoms with Crippen molar-refractivity contribution in [1.82, 2.24) is 10.3 Å². The van der Waals surface area contributed by atoms with Crippen LogP contribution in [0.1, 0.15) is 17.0 Å². The largest absolute Gasteiger partial charge is 0.492 e. The van der Waals surface area contributed by atoms with Crippen molar-refractivity contribution in [2.45, 2.75) is 25.0 Å². The summed E-state index contributed by atoms with van der Waals surface area (Å²) in [6.07, 6.45) is 1.16. The summed E-state index contributed by atoms with van der Waals surface area (Å²) in [5, 5.41) is 3.69. The molecule has 1 aromatic carbocycles. The molecule has 2 aliphatic heterocycles. The monoisotopic (exact) mass is 464 g/mol. The molecule has 1 aromatic heterocycles. The molecule has 0 saturated carbocycles. The van der Waals surface area contributed by atoms with E-state index in [0.29, 0.717) is 25.3 Å². The molecule has 8 heteroatoms. The standard InChI is InChI=1S/C24H20N2O4S2/c1-14-18(25-23(30-14)15-5-3-2-4-6-15)9-11-29-19-10-12-31-21-16(7-8-17(19)21)13-20-22(27)26-24(28)32-20/h2-8,10,12,20H,9,11,13H2,1H3,(H,26,27,28). The highest BCUT2D eigenvalue weighted by molar-refractivity contribution is 8.15. The molecule has 1 atom stereocenters. The fourth-order valence-electron chi connectivity index (χ4n) is 3.73. The zero-order chi connectivity index (χ0) is 22.1. The molecular formula is C24H20N2O4S2. The molecule has 0 spiro atoms. The Kier molecular flexibility index (Phi) is 5.71. The number of benzene rings is 1. The lowest BCUT2D eigenvalue weighted by Crippen LogP contribution is -2.25. The second-order valence-electron chi connectivity index (χ2n) is 7.46. The highest BCUT2D eigenvalue weighted by atomic mass is 32.2. The van der Waals surface area contributed by atoms with E-state index in [1.54, 1.807) is 11.3 Å². The van der Waals surface area contributed by atoms with Crippen LogP contribution in [0.4, 0.5) is 4.79 Å². The third-order valence-corrected chi connectivity index (χ3v) is 7.31. The summed E-state index contributed by atoms with van der Waals surface area (Å²) < 4.78 is 11.9. The van der Waals surface area contributed by atoms with Crippen LogP contribution in [-0.4, -0.2) is 28.0 Å². The maximum atomic E-state index is 11.9. The van der Waals surface area contributed by atoms with Gasteiger partial charge in [0.1, 0.15) is 11.5 Å². The number of aromatic nitrogens is 1. The van der Waals surface area contributed by atoms with Gasteiger partial charge in [0, 0.05) is 22.4 Å². The minimum Gasteiger partial charge on any atom is -0.492 e. The van der Waals surface area contributed by atoms with Crippen molar-refractivity contribution < 1.29 is 18.7 Å². The number of amides is 2. The number of nitrogens with one attached hydrogen (secondary N) is 1. The van der Waals surface area contributed by atoms with Gasteiger partial charge < -0.3 is 9.15 Å². The van der Waals surface area contributed by atoms with Gasteiger partial charge in [-0.2, -0.15) is 0 Å². The molecule has 5 rings (SSSR count). The number of thioether (sulfide) groups is 1. The van der Waals surface area contributed by atoms with Crippen LogP contribution in [0.5, 0.6) is 5.75 Å². The predicted octanol–water partition coefficient (Wildman–Crippen LogP) is 5.33.